The lowest BCUT2D eigenvalue weighted by Crippen LogP contribution is -2.43. The highest BCUT2D eigenvalue weighted by Gasteiger charge is 2.26. The van der Waals surface area contributed by atoms with Gasteiger partial charge >= 0.3 is 6.09 Å². The maximum atomic E-state index is 12.1. The number of nitrogens with zero attached hydrogens (tertiary/aromatic N) is 2. The SMILES string of the molecule is CCNC(=NCC(C)(O)c1ccco1)NCC(C)CN(C)C(=O)OC(C)(C)C.I. The van der Waals surface area contributed by atoms with Crippen molar-refractivity contribution < 1.29 is 19.1 Å². The van der Waals surface area contributed by atoms with Crippen LogP contribution >= 0.6 is 24.0 Å². The summed E-state index contributed by atoms with van der Waals surface area (Å²) in [5.74, 6) is 1.24. The Hall–Kier alpha value is -1.49. The molecular formula is C20H37IN4O4. The number of rotatable bonds is 8. The summed E-state index contributed by atoms with van der Waals surface area (Å²) >= 11 is 0. The summed E-state index contributed by atoms with van der Waals surface area (Å²) in [6.07, 6.45) is 1.19. The number of aliphatic imine (C=N–C) groups is 1. The lowest BCUT2D eigenvalue weighted by Gasteiger charge is -2.27. The molecule has 0 saturated heterocycles. The molecule has 1 aromatic heterocycles. The van der Waals surface area contributed by atoms with Gasteiger partial charge in [0.25, 0.3) is 0 Å². The van der Waals surface area contributed by atoms with E-state index < -0.39 is 11.2 Å². The minimum atomic E-state index is -1.19. The molecule has 2 atom stereocenters. The highest BCUT2D eigenvalue weighted by Crippen LogP contribution is 2.21. The van der Waals surface area contributed by atoms with Crippen molar-refractivity contribution in [3.8, 4) is 0 Å². The zero-order chi connectivity index (χ0) is 21.4. The summed E-state index contributed by atoms with van der Waals surface area (Å²) in [6, 6.07) is 3.46. The molecule has 0 aromatic carbocycles. The molecule has 0 aliphatic heterocycles. The van der Waals surface area contributed by atoms with Crippen molar-refractivity contribution in [3.63, 3.8) is 0 Å². The van der Waals surface area contributed by atoms with Gasteiger partial charge < -0.3 is 29.8 Å². The van der Waals surface area contributed by atoms with Crippen LogP contribution in [-0.2, 0) is 10.3 Å². The van der Waals surface area contributed by atoms with Gasteiger partial charge in [0.2, 0.25) is 0 Å². The van der Waals surface area contributed by atoms with Gasteiger partial charge in [0.05, 0.1) is 12.8 Å². The van der Waals surface area contributed by atoms with Crippen LogP contribution in [0.2, 0.25) is 0 Å². The molecule has 2 unspecified atom stereocenters. The Kier molecular flexibility index (Phi) is 11.6. The standard InChI is InChI=1S/C20H36N4O4.HI/c1-8-21-17(23-14-20(6,26)16-10-9-11-27-16)22-12-15(2)13-24(7)18(25)28-19(3,4)5;/h9-11,15,26H,8,12-14H2,1-7H3,(H2,21,22,23);1H. The molecule has 29 heavy (non-hydrogen) atoms. The topological polar surface area (TPSA) is 99.3 Å². The van der Waals surface area contributed by atoms with E-state index in [4.69, 9.17) is 9.15 Å². The van der Waals surface area contributed by atoms with Crippen LogP contribution in [0.3, 0.4) is 0 Å². The van der Waals surface area contributed by atoms with Crippen LogP contribution in [0.4, 0.5) is 4.79 Å². The molecule has 0 spiro atoms. The van der Waals surface area contributed by atoms with Crippen molar-refractivity contribution in [1.82, 2.24) is 15.5 Å². The van der Waals surface area contributed by atoms with E-state index in [1.165, 1.54) is 6.26 Å². The van der Waals surface area contributed by atoms with Crippen LogP contribution in [0.15, 0.2) is 27.8 Å². The van der Waals surface area contributed by atoms with Crippen molar-refractivity contribution in [2.45, 2.75) is 52.7 Å². The van der Waals surface area contributed by atoms with E-state index in [2.05, 4.69) is 15.6 Å². The summed E-state index contributed by atoms with van der Waals surface area (Å²) in [5.41, 5.74) is -1.70. The molecule has 9 heteroatoms. The van der Waals surface area contributed by atoms with Gasteiger partial charge in [-0.3, -0.25) is 0 Å². The summed E-state index contributed by atoms with van der Waals surface area (Å²) in [6.45, 7) is 13.2. The monoisotopic (exact) mass is 524 g/mol. The predicted octanol–water partition coefficient (Wildman–Crippen LogP) is 3.16. The fourth-order valence-corrected chi connectivity index (χ4v) is 2.46. The first-order valence-electron chi connectivity index (χ1n) is 9.67. The molecule has 8 nitrogen and oxygen atoms in total. The molecule has 1 amide bonds. The zero-order valence-electron chi connectivity index (χ0n) is 18.6. The number of carbonyl (C=O) groups is 1. The normalized spacial score (nSPS) is 15.0. The minimum Gasteiger partial charge on any atom is -0.466 e. The summed E-state index contributed by atoms with van der Waals surface area (Å²) in [7, 11) is 1.73. The van der Waals surface area contributed by atoms with Gasteiger partial charge in [0.15, 0.2) is 5.96 Å². The fourth-order valence-electron chi connectivity index (χ4n) is 2.46. The summed E-state index contributed by atoms with van der Waals surface area (Å²) < 4.78 is 10.6. The van der Waals surface area contributed by atoms with Crippen LogP contribution in [-0.4, -0.2) is 60.9 Å². The van der Waals surface area contributed by atoms with Crippen molar-refractivity contribution >= 4 is 36.0 Å². The molecule has 0 aliphatic rings. The van der Waals surface area contributed by atoms with Crippen LogP contribution in [0.25, 0.3) is 0 Å². The van der Waals surface area contributed by atoms with E-state index in [-0.39, 0.29) is 42.5 Å². The fraction of sp³-hybridized carbons (Fsp3) is 0.700. The minimum absolute atomic E-state index is 0. The number of ether oxygens (including phenoxy) is 1. The lowest BCUT2D eigenvalue weighted by atomic mass is 10.0. The van der Waals surface area contributed by atoms with Crippen LogP contribution in [0.1, 0.15) is 47.3 Å². The first kappa shape index (κ1) is 27.5. The zero-order valence-corrected chi connectivity index (χ0v) is 20.9. The van der Waals surface area contributed by atoms with Gasteiger partial charge in [-0.25, -0.2) is 9.79 Å². The van der Waals surface area contributed by atoms with Crippen molar-refractivity contribution in [2.24, 2.45) is 10.9 Å². The third-order valence-corrected chi connectivity index (χ3v) is 3.85. The second kappa shape index (κ2) is 12.3. The number of halogens is 1. The van der Waals surface area contributed by atoms with Gasteiger partial charge in [-0.05, 0) is 52.7 Å². The molecule has 0 radical (unpaired) electrons. The average Bonchev–Trinajstić information content (AvgIpc) is 3.11. The van der Waals surface area contributed by atoms with E-state index in [0.29, 0.717) is 31.4 Å². The van der Waals surface area contributed by atoms with Crippen molar-refractivity contribution in [2.75, 3.05) is 33.2 Å². The molecule has 0 bridgehead atoms. The molecule has 1 rings (SSSR count). The average molecular weight is 524 g/mol. The number of furan rings is 1. The first-order valence-corrected chi connectivity index (χ1v) is 9.67. The molecule has 3 N–H and O–H groups in total. The largest absolute Gasteiger partial charge is 0.466 e. The number of amides is 1. The second-order valence-corrected chi connectivity index (χ2v) is 8.29. The summed E-state index contributed by atoms with van der Waals surface area (Å²) in [4.78, 5) is 18.1. The van der Waals surface area contributed by atoms with E-state index in [1.807, 2.05) is 34.6 Å². The lowest BCUT2D eigenvalue weighted by molar-refractivity contribution is 0.0277. The van der Waals surface area contributed by atoms with Gasteiger partial charge in [-0.2, -0.15) is 0 Å². The molecule has 168 valence electrons. The van der Waals surface area contributed by atoms with Crippen LogP contribution in [0, 0.1) is 5.92 Å². The quantitative estimate of drug-likeness (QED) is 0.275. The number of hydrogen-bond donors (Lipinski definition) is 3. The molecule has 0 saturated carbocycles. The van der Waals surface area contributed by atoms with Gasteiger partial charge in [0, 0.05) is 26.7 Å². The number of carbonyl (C=O) groups excluding carboxylic acids is 1. The Labute approximate surface area is 191 Å². The smallest absolute Gasteiger partial charge is 0.410 e. The first-order chi connectivity index (χ1) is 12.9. The van der Waals surface area contributed by atoms with Gasteiger partial charge in [-0.1, -0.05) is 6.92 Å². The van der Waals surface area contributed by atoms with Crippen molar-refractivity contribution in [3.05, 3.63) is 24.2 Å². The Morgan fingerprint density at radius 2 is 2.00 bits per heavy atom. The molecule has 1 aromatic rings. The van der Waals surface area contributed by atoms with Crippen LogP contribution < -0.4 is 10.6 Å². The summed E-state index contributed by atoms with van der Waals surface area (Å²) in [5, 5.41) is 16.9. The maximum Gasteiger partial charge on any atom is 0.410 e. The third-order valence-electron chi connectivity index (χ3n) is 3.85. The van der Waals surface area contributed by atoms with E-state index in [1.54, 1.807) is 31.0 Å². The van der Waals surface area contributed by atoms with Crippen molar-refractivity contribution in [1.29, 1.82) is 0 Å². The molecule has 1 heterocycles. The van der Waals surface area contributed by atoms with Gasteiger partial charge in [0.1, 0.15) is 17.0 Å². The predicted molar refractivity (Wildman–Crippen MR) is 126 cm³/mol. The highest BCUT2D eigenvalue weighted by molar-refractivity contribution is 14.0. The Bertz CT molecular complexity index is 627. The van der Waals surface area contributed by atoms with E-state index in [9.17, 15) is 9.90 Å². The Morgan fingerprint density at radius 1 is 1.34 bits per heavy atom. The highest BCUT2D eigenvalue weighted by atomic mass is 127. The molecule has 0 aliphatic carbocycles. The van der Waals surface area contributed by atoms with E-state index >= 15 is 0 Å². The molecule has 0 fully saturated rings. The number of guanidine groups is 1. The molecular weight excluding hydrogens is 487 g/mol. The van der Waals surface area contributed by atoms with Crippen LogP contribution in [0.5, 0.6) is 0 Å². The number of hydrogen-bond acceptors (Lipinski definition) is 5. The Balaban J connectivity index is 0.00000784. The second-order valence-electron chi connectivity index (χ2n) is 8.29. The number of aliphatic hydroxyl groups is 1. The third kappa shape index (κ3) is 10.7. The van der Waals surface area contributed by atoms with Gasteiger partial charge in [-0.15, -0.1) is 24.0 Å². The van der Waals surface area contributed by atoms with E-state index in [0.717, 1.165) is 0 Å². The maximum absolute atomic E-state index is 12.1. The number of nitrogens with one attached hydrogen (secondary N) is 2. The Morgan fingerprint density at radius 3 is 2.52 bits per heavy atom.